The molecule has 1 aromatic heterocycles. The lowest BCUT2D eigenvalue weighted by atomic mass is 10.0. The Labute approximate surface area is 115 Å². The number of carboxylic acids is 1. The van der Waals surface area contributed by atoms with Crippen molar-refractivity contribution >= 4 is 5.97 Å². The van der Waals surface area contributed by atoms with Crippen molar-refractivity contribution in [2.75, 3.05) is 0 Å². The van der Waals surface area contributed by atoms with E-state index in [0.29, 0.717) is 0 Å². The van der Waals surface area contributed by atoms with E-state index in [-0.39, 0.29) is 5.56 Å². The molecule has 1 heterocycles. The summed E-state index contributed by atoms with van der Waals surface area (Å²) in [5, 5.41) is 9.02. The number of ether oxygens (including phenoxy) is 1. The number of carbonyl (C=O) groups is 1. The van der Waals surface area contributed by atoms with Crippen molar-refractivity contribution < 1.29 is 32.2 Å². The fraction of sp³-hybridized carbons (Fsp3) is 0.0769. The third-order valence-electron chi connectivity index (χ3n) is 2.52. The molecular formula is C13H7F4NO3. The Morgan fingerprint density at radius 2 is 1.86 bits per heavy atom. The molecule has 1 N–H and O–H groups in total. The van der Waals surface area contributed by atoms with E-state index in [1.807, 2.05) is 0 Å². The second kappa shape index (κ2) is 5.39. The van der Waals surface area contributed by atoms with Gasteiger partial charge in [-0.25, -0.2) is 9.78 Å². The first-order valence-corrected chi connectivity index (χ1v) is 5.52. The normalized spacial score (nSPS) is 11.2. The summed E-state index contributed by atoms with van der Waals surface area (Å²) < 4.78 is 54.6. The standard InChI is InChI=1S/C13H7F4NO3/c14-11-10(8(12(19)20)5-6-18-11)7-3-1-2-4-9(7)21-13(15,16)17/h1-6H,(H,19,20). The summed E-state index contributed by atoms with van der Waals surface area (Å²) in [5.41, 5.74) is -1.43. The molecule has 2 aromatic rings. The van der Waals surface area contributed by atoms with Gasteiger partial charge < -0.3 is 9.84 Å². The van der Waals surface area contributed by atoms with Crippen LogP contribution in [0.3, 0.4) is 0 Å². The monoisotopic (exact) mass is 301 g/mol. The summed E-state index contributed by atoms with van der Waals surface area (Å²) in [6.45, 7) is 0. The zero-order chi connectivity index (χ0) is 15.6. The molecule has 0 bridgehead atoms. The molecule has 21 heavy (non-hydrogen) atoms. The third-order valence-corrected chi connectivity index (χ3v) is 2.52. The minimum atomic E-state index is -4.99. The van der Waals surface area contributed by atoms with Gasteiger partial charge in [-0.05, 0) is 12.1 Å². The number of rotatable bonds is 3. The number of carboxylic acid groups (broad SMARTS) is 1. The Kier molecular flexibility index (Phi) is 3.79. The van der Waals surface area contributed by atoms with Gasteiger partial charge in [0.25, 0.3) is 0 Å². The molecular weight excluding hydrogens is 294 g/mol. The Bertz CT molecular complexity index is 685. The molecule has 2 rings (SSSR count). The Morgan fingerprint density at radius 3 is 2.48 bits per heavy atom. The number of hydrogen-bond donors (Lipinski definition) is 1. The molecule has 0 spiro atoms. The van der Waals surface area contributed by atoms with E-state index in [0.717, 1.165) is 24.4 Å². The predicted molar refractivity (Wildman–Crippen MR) is 63.3 cm³/mol. The fourth-order valence-electron chi connectivity index (χ4n) is 1.76. The number of halogens is 4. The van der Waals surface area contributed by atoms with Crippen molar-refractivity contribution in [2.24, 2.45) is 0 Å². The highest BCUT2D eigenvalue weighted by Crippen LogP contribution is 2.36. The van der Waals surface area contributed by atoms with Gasteiger partial charge in [-0.3, -0.25) is 0 Å². The topological polar surface area (TPSA) is 59.4 Å². The number of hydrogen-bond acceptors (Lipinski definition) is 3. The van der Waals surface area contributed by atoms with Crippen molar-refractivity contribution in [3.8, 4) is 16.9 Å². The summed E-state index contributed by atoms with van der Waals surface area (Å²) >= 11 is 0. The Morgan fingerprint density at radius 1 is 1.19 bits per heavy atom. The van der Waals surface area contributed by atoms with Crippen LogP contribution in [0, 0.1) is 5.95 Å². The van der Waals surface area contributed by atoms with Crippen LogP contribution >= 0.6 is 0 Å². The van der Waals surface area contributed by atoms with Crippen LogP contribution in [-0.4, -0.2) is 22.4 Å². The van der Waals surface area contributed by atoms with E-state index in [1.165, 1.54) is 12.1 Å². The molecule has 0 aliphatic rings. The first-order chi connectivity index (χ1) is 9.79. The van der Waals surface area contributed by atoms with Gasteiger partial charge in [-0.2, -0.15) is 4.39 Å². The average molecular weight is 301 g/mol. The van der Waals surface area contributed by atoms with Crippen molar-refractivity contribution in [3.05, 3.63) is 48.0 Å². The maximum atomic E-state index is 13.8. The largest absolute Gasteiger partial charge is 0.573 e. The maximum Gasteiger partial charge on any atom is 0.573 e. The number of para-hydroxylation sites is 1. The second-order valence-corrected chi connectivity index (χ2v) is 3.87. The number of pyridine rings is 1. The molecule has 0 fully saturated rings. The highest BCUT2D eigenvalue weighted by atomic mass is 19.4. The van der Waals surface area contributed by atoms with E-state index in [9.17, 15) is 22.4 Å². The van der Waals surface area contributed by atoms with Gasteiger partial charge in [0.2, 0.25) is 5.95 Å². The number of nitrogens with zero attached hydrogens (tertiary/aromatic N) is 1. The van der Waals surface area contributed by atoms with Gasteiger partial charge in [0.15, 0.2) is 0 Å². The summed E-state index contributed by atoms with van der Waals surface area (Å²) in [7, 11) is 0. The quantitative estimate of drug-likeness (QED) is 0.696. The lowest BCUT2D eigenvalue weighted by Gasteiger charge is -2.14. The molecule has 0 saturated carbocycles. The van der Waals surface area contributed by atoms with Gasteiger partial charge in [-0.15, -0.1) is 13.2 Å². The minimum Gasteiger partial charge on any atom is -0.478 e. The summed E-state index contributed by atoms with van der Waals surface area (Å²) in [4.78, 5) is 14.4. The molecule has 0 aliphatic carbocycles. The smallest absolute Gasteiger partial charge is 0.478 e. The molecule has 0 radical (unpaired) electrons. The molecule has 4 nitrogen and oxygen atoms in total. The summed E-state index contributed by atoms with van der Waals surface area (Å²) in [6, 6.07) is 5.65. The van der Waals surface area contributed by atoms with Crippen molar-refractivity contribution in [3.63, 3.8) is 0 Å². The third kappa shape index (κ3) is 3.28. The van der Waals surface area contributed by atoms with E-state index in [4.69, 9.17) is 5.11 Å². The minimum absolute atomic E-state index is 0.349. The lowest BCUT2D eigenvalue weighted by Crippen LogP contribution is -2.18. The number of aromatic nitrogens is 1. The first-order valence-electron chi connectivity index (χ1n) is 5.52. The van der Waals surface area contributed by atoms with Gasteiger partial charge in [0.05, 0.1) is 11.1 Å². The summed E-state index contributed by atoms with van der Waals surface area (Å²) in [6.07, 6.45) is -4.08. The molecule has 0 atom stereocenters. The van der Waals surface area contributed by atoms with Gasteiger partial charge in [0.1, 0.15) is 5.75 Å². The van der Waals surface area contributed by atoms with E-state index < -0.39 is 35.2 Å². The van der Waals surface area contributed by atoms with Crippen molar-refractivity contribution in [2.45, 2.75) is 6.36 Å². The molecule has 8 heteroatoms. The molecule has 0 amide bonds. The first kappa shape index (κ1) is 14.8. The molecule has 1 aromatic carbocycles. The van der Waals surface area contributed by atoms with Crippen LogP contribution < -0.4 is 4.74 Å². The van der Waals surface area contributed by atoms with Crippen LogP contribution in [0.4, 0.5) is 17.6 Å². The second-order valence-electron chi connectivity index (χ2n) is 3.87. The highest BCUT2D eigenvalue weighted by molar-refractivity contribution is 5.96. The van der Waals surface area contributed by atoms with Gasteiger partial charge in [0, 0.05) is 11.8 Å². The van der Waals surface area contributed by atoms with Crippen LogP contribution in [0.5, 0.6) is 5.75 Å². The number of aromatic carboxylic acids is 1. The SMILES string of the molecule is O=C(O)c1ccnc(F)c1-c1ccccc1OC(F)(F)F. The molecule has 0 aliphatic heterocycles. The predicted octanol–water partition coefficient (Wildman–Crippen LogP) is 3.48. The zero-order valence-electron chi connectivity index (χ0n) is 10.2. The average Bonchev–Trinajstić information content (AvgIpc) is 2.37. The Hall–Kier alpha value is -2.64. The van der Waals surface area contributed by atoms with Gasteiger partial charge in [-0.1, -0.05) is 18.2 Å². The van der Waals surface area contributed by atoms with Crippen LogP contribution in [0.25, 0.3) is 11.1 Å². The number of alkyl halides is 3. The molecule has 110 valence electrons. The van der Waals surface area contributed by atoms with Crippen LogP contribution in [0.1, 0.15) is 10.4 Å². The number of benzene rings is 1. The fourth-order valence-corrected chi connectivity index (χ4v) is 1.76. The van der Waals surface area contributed by atoms with Crippen LogP contribution in [0.2, 0.25) is 0 Å². The van der Waals surface area contributed by atoms with E-state index in [2.05, 4.69) is 9.72 Å². The van der Waals surface area contributed by atoms with Crippen LogP contribution in [-0.2, 0) is 0 Å². The molecule has 0 saturated heterocycles. The van der Waals surface area contributed by atoms with Crippen molar-refractivity contribution in [1.29, 1.82) is 0 Å². The Balaban J connectivity index is 2.66. The lowest BCUT2D eigenvalue weighted by molar-refractivity contribution is -0.274. The maximum absolute atomic E-state index is 13.8. The van der Waals surface area contributed by atoms with Gasteiger partial charge >= 0.3 is 12.3 Å². The summed E-state index contributed by atoms with van der Waals surface area (Å²) in [5.74, 6) is -3.40. The molecule has 0 unspecified atom stereocenters. The van der Waals surface area contributed by atoms with Crippen LogP contribution in [0.15, 0.2) is 36.5 Å². The van der Waals surface area contributed by atoms with Crippen molar-refractivity contribution in [1.82, 2.24) is 4.98 Å². The highest BCUT2D eigenvalue weighted by Gasteiger charge is 2.33. The van der Waals surface area contributed by atoms with E-state index >= 15 is 0 Å². The van der Waals surface area contributed by atoms with E-state index in [1.54, 1.807) is 0 Å². The zero-order valence-corrected chi connectivity index (χ0v) is 10.2.